The number of halogens is 1. The van der Waals surface area contributed by atoms with Crippen LogP contribution in [0.15, 0.2) is 83.8 Å². The summed E-state index contributed by atoms with van der Waals surface area (Å²) in [5.74, 6) is -1.48. The highest BCUT2D eigenvalue weighted by Crippen LogP contribution is 2.25. The Kier molecular flexibility index (Phi) is 8.93. The van der Waals surface area contributed by atoms with E-state index in [2.05, 4.69) is 5.32 Å². The molecule has 0 saturated carbocycles. The lowest BCUT2D eigenvalue weighted by Crippen LogP contribution is -2.54. The number of amides is 2. The van der Waals surface area contributed by atoms with Crippen LogP contribution in [0.1, 0.15) is 38.8 Å². The van der Waals surface area contributed by atoms with Crippen LogP contribution in [-0.2, 0) is 26.2 Å². The lowest BCUT2D eigenvalue weighted by atomic mass is 10.1. The molecule has 0 saturated heterocycles. The monoisotopic (exact) mass is 539 g/mol. The first-order chi connectivity index (χ1) is 17.8. The van der Waals surface area contributed by atoms with E-state index in [1.807, 2.05) is 52.0 Å². The molecule has 1 N–H and O–H groups in total. The van der Waals surface area contributed by atoms with Gasteiger partial charge < -0.3 is 10.2 Å². The quantitative estimate of drug-likeness (QED) is 0.429. The van der Waals surface area contributed by atoms with Crippen molar-refractivity contribution in [3.05, 3.63) is 95.8 Å². The molecule has 9 heteroatoms. The maximum atomic E-state index is 13.8. The van der Waals surface area contributed by atoms with E-state index < -0.39 is 39.9 Å². The molecule has 7 nitrogen and oxygen atoms in total. The van der Waals surface area contributed by atoms with Gasteiger partial charge in [-0.25, -0.2) is 12.8 Å². The van der Waals surface area contributed by atoms with Crippen LogP contribution in [0.3, 0.4) is 0 Å². The van der Waals surface area contributed by atoms with E-state index in [9.17, 15) is 22.4 Å². The number of hydrogen-bond donors (Lipinski definition) is 1. The topological polar surface area (TPSA) is 86.8 Å². The molecule has 0 aliphatic rings. The molecule has 0 aromatic heterocycles. The Morgan fingerprint density at radius 2 is 1.50 bits per heavy atom. The Balaban J connectivity index is 2.01. The molecule has 0 heterocycles. The second kappa shape index (κ2) is 11.8. The van der Waals surface area contributed by atoms with Crippen LogP contribution in [0.4, 0.5) is 10.1 Å². The number of carbonyl (C=O) groups is 2. The molecule has 3 aromatic rings. The number of anilines is 1. The average Bonchev–Trinajstić information content (AvgIpc) is 2.86. The first-order valence-electron chi connectivity index (χ1n) is 12.3. The van der Waals surface area contributed by atoms with Crippen molar-refractivity contribution in [3.8, 4) is 0 Å². The molecular formula is C29H34FN3O4S. The molecule has 202 valence electrons. The van der Waals surface area contributed by atoms with Crippen LogP contribution in [0.5, 0.6) is 0 Å². The van der Waals surface area contributed by atoms with E-state index in [1.165, 1.54) is 29.2 Å². The highest BCUT2D eigenvalue weighted by molar-refractivity contribution is 7.92. The van der Waals surface area contributed by atoms with Crippen LogP contribution in [0.2, 0.25) is 0 Å². The number of nitrogens with one attached hydrogen (secondary N) is 1. The number of aryl methyl sites for hydroxylation is 1. The minimum atomic E-state index is -4.19. The Bertz CT molecular complexity index is 1350. The molecule has 3 aromatic carbocycles. The van der Waals surface area contributed by atoms with E-state index in [1.54, 1.807) is 25.1 Å². The van der Waals surface area contributed by atoms with Crippen LogP contribution in [-0.4, -0.2) is 43.3 Å². The third-order valence-corrected chi connectivity index (χ3v) is 7.65. The molecule has 1 atom stereocenters. The Morgan fingerprint density at radius 3 is 2.05 bits per heavy atom. The van der Waals surface area contributed by atoms with Gasteiger partial charge in [0.25, 0.3) is 10.0 Å². The van der Waals surface area contributed by atoms with Crippen molar-refractivity contribution in [1.82, 2.24) is 10.2 Å². The van der Waals surface area contributed by atoms with Gasteiger partial charge in [-0.15, -0.1) is 0 Å². The summed E-state index contributed by atoms with van der Waals surface area (Å²) >= 11 is 0. The first kappa shape index (κ1) is 28.8. The largest absolute Gasteiger partial charge is 0.350 e. The van der Waals surface area contributed by atoms with Gasteiger partial charge in [0.15, 0.2) is 0 Å². The molecule has 0 fully saturated rings. The van der Waals surface area contributed by atoms with Crippen molar-refractivity contribution in [2.45, 2.75) is 57.6 Å². The van der Waals surface area contributed by atoms with E-state index in [0.717, 1.165) is 27.6 Å². The van der Waals surface area contributed by atoms with Gasteiger partial charge >= 0.3 is 0 Å². The zero-order valence-electron chi connectivity index (χ0n) is 22.3. The zero-order valence-corrected chi connectivity index (χ0v) is 23.1. The van der Waals surface area contributed by atoms with E-state index in [4.69, 9.17) is 0 Å². The van der Waals surface area contributed by atoms with Crippen LogP contribution in [0, 0.1) is 12.7 Å². The van der Waals surface area contributed by atoms with Gasteiger partial charge in [0.05, 0.1) is 10.6 Å². The fourth-order valence-electron chi connectivity index (χ4n) is 3.80. The van der Waals surface area contributed by atoms with Crippen molar-refractivity contribution >= 4 is 27.5 Å². The van der Waals surface area contributed by atoms with Crippen molar-refractivity contribution in [3.63, 3.8) is 0 Å². The predicted molar refractivity (Wildman–Crippen MR) is 146 cm³/mol. The minimum absolute atomic E-state index is 0.0132. The minimum Gasteiger partial charge on any atom is -0.350 e. The molecule has 0 aliphatic carbocycles. The molecule has 0 spiro atoms. The van der Waals surface area contributed by atoms with Crippen LogP contribution >= 0.6 is 0 Å². The average molecular weight is 540 g/mol. The Hall–Kier alpha value is -3.72. The highest BCUT2D eigenvalue weighted by atomic mass is 32.2. The summed E-state index contributed by atoms with van der Waals surface area (Å²) in [5.41, 5.74) is 1.44. The predicted octanol–water partition coefficient (Wildman–Crippen LogP) is 4.66. The van der Waals surface area contributed by atoms with Crippen molar-refractivity contribution in [2.24, 2.45) is 0 Å². The van der Waals surface area contributed by atoms with Gasteiger partial charge in [0, 0.05) is 12.1 Å². The number of benzene rings is 3. The number of carbonyl (C=O) groups excluding carboxylic acids is 2. The summed E-state index contributed by atoms with van der Waals surface area (Å²) in [6.07, 6.45) is 0. The molecule has 2 amide bonds. The summed E-state index contributed by atoms with van der Waals surface area (Å²) in [7, 11) is -4.19. The molecule has 0 bridgehead atoms. The maximum Gasteiger partial charge on any atom is 0.264 e. The molecule has 38 heavy (non-hydrogen) atoms. The zero-order chi connectivity index (χ0) is 28.1. The lowest BCUT2D eigenvalue weighted by Gasteiger charge is -2.33. The van der Waals surface area contributed by atoms with E-state index in [0.29, 0.717) is 0 Å². The van der Waals surface area contributed by atoms with Gasteiger partial charge in [-0.1, -0.05) is 48.0 Å². The van der Waals surface area contributed by atoms with Gasteiger partial charge in [-0.3, -0.25) is 13.9 Å². The lowest BCUT2D eigenvalue weighted by molar-refractivity contribution is -0.140. The number of nitrogens with zero attached hydrogens (tertiary/aromatic N) is 2. The fourth-order valence-corrected chi connectivity index (χ4v) is 5.24. The van der Waals surface area contributed by atoms with E-state index >= 15 is 0 Å². The Labute approximate surface area is 224 Å². The second-order valence-electron chi connectivity index (χ2n) is 10.2. The normalized spacial score (nSPS) is 12.5. The smallest absolute Gasteiger partial charge is 0.264 e. The summed E-state index contributed by atoms with van der Waals surface area (Å²) < 4.78 is 41.9. The molecule has 0 aliphatic heterocycles. The highest BCUT2D eigenvalue weighted by Gasteiger charge is 2.33. The van der Waals surface area contributed by atoms with Crippen molar-refractivity contribution in [1.29, 1.82) is 0 Å². The van der Waals surface area contributed by atoms with Gasteiger partial charge in [0.1, 0.15) is 18.4 Å². The third kappa shape index (κ3) is 7.41. The number of sulfonamides is 1. The summed E-state index contributed by atoms with van der Waals surface area (Å²) in [6.45, 7) is 8.59. The van der Waals surface area contributed by atoms with Crippen molar-refractivity contribution in [2.75, 3.05) is 10.8 Å². The maximum absolute atomic E-state index is 13.8. The van der Waals surface area contributed by atoms with E-state index in [-0.39, 0.29) is 23.0 Å². The standard InChI is InChI=1S/C29H34FN3O4S/c1-21-11-13-23(14-12-21)19-32(22(2)28(35)31-29(3,4)5)27(34)20-33(25-17-15-24(30)16-18-25)38(36,37)26-9-7-6-8-10-26/h6-18,22H,19-20H2,1-5H3,(H,31,35)/t22-/m1/s1. The summed E-state index contributed by atoms with van der Waals surface area (Å²) in [6, 6.07) is 19.2. The second-order valence-corrected chi connectivity index (χ2v) is 12.1. The van der Waals surface area contributed by atoms with Gasteiger partial charge in [0.2, 0.25) is 11.8 Å². The van der Waals surface area contributed by atoms with Crippen LogP contribution < -0.4 is 9.62 Å². The number of rotatable bonds is 9. The molecule has 0 unspecified atom stereocenters. The summed E-state index contributed by atoms with van der Waals surface area (Å²) in [5, 5.41) is 2.89. The van der Waals surface area contributed by atoms with Crippen molar-refractivity contribution < 1.29 is 22.4 Å². The summed E-state index contributed by atoms with van der Waals surface area (Å²) in [4.78, 5) is 28.3. The van der Waals surface area contributed by atoms with Gasteiger partial charge in [-0.05, 0) is 76.6 Å². The third-order valence-electron chi connectivity index (χ3n) is 5.86. The molecule has 3 rings (SSSR count). The molecule has 0 radical (unpaired) electrons. The van der Waals surface area contributed by atoms with Crippen LogP contribution in [0.25, 0.3) is 0 Å². The first-order valence-corrected chi connectivity index (χ1v) is 13.7. The number of hydrogen-bond acceptors (Lipinski definition) is 4. The Morgan fingerprint density at radius 1 is 0.921 bits per heavy atom. The molecular weight excluding hydrogens is 505 g/mol. The van der Waals surface area contributed by atoms with Gasteiger partial charge in [-0.2, -0.15) is 0 Å². The fraction of sp³-hybridized carbons (Fsp3) is 0.310. The SMILES string of the molecule is Cc1ccc(CN(C(=O)CN(c2ccc(F)cc2)S(=O)(=O)c2ccccc2)[C@H](C)C(=O)NC(C)(C)C)cc1.